The first-order valence-corrected chi connectivity index (χ1v) is 9.73. The van der Waals surface area contributed by atoms with E-state index in [4.69, 9.17) is 0 Å². The van der Waals surface area contributed by atoms with Crippen LogP contribution in [0.5, 0.6) is 0 Å². The minimum Gasteiger partial charge on any atom is -0.314 e. The zero-order chi connectivity index (χ0) is 14.5. The van der Waals surface area contributed by atoms with Gasteiger partial charge in [0.2, 0.25) is 0 Å². The van der Waals surface area contributed by atoms with Crippen molar-refractivity contribution < 1.29 is 8.42 Å². The lowest BCUT2D eigenvalue weighted by Crippen LogP contribution is -2.41. The number of hydrogen-bond donors (Lipinski definition) is 1. The molecule has 3 nitrogen and oxygen atoms in total. The zero-order valence-corrected chi connectivity index (χ0v) is 13.9. The molecule has 1 rings (SSSR count). The Morgan fingerprint density at radius 2 is 2.05 bits per heavy atom. The Balaban J connectivity index is 2.56. The molecule has 0 aliphatic heterocycles. The molecule has 0 heterocycles. The van der Waals surface area contributed by atoms with Crippen LogP contribution in [0.3, 0.4) is 0 Å². The van der Waals surface area contributed by atoms with Crippen molar-refractivity contribution in [2.45, 2.75) is 65.3 Å². The van der Waals surface area contributed by atoms with Crippen LogP contribution in [0.4, 0.5) is 0 Å². The lowest BCUT2D eigenvalue weighted by atomic mass is 9.76. The smallest absolute Gasteiger partial charge is 0.147 e. The van der Waals surface area contributed by atoms with E-state index >= 15 is 0 Å². The molecule has 1 fully saturated rings. The van der Waals surface area contributed by atoms with E-state index in [-0.39, 0.29) is 0 Å². The van der Waals surface area contributed by atoms with Crippen LogP contribution in [0.2, 0.25) is 0 Å². The van der Waals surface area contributed by atoms with Gasteiger partial charge in [0.25, 0.3) is 0 Å². The fourth-order valence-electron chi connectivity index (χ4n) is 3.44. The van der Waals surface area contributed by atoms with E-state index in [2.05, 4.69) is 26.1 Å². The van der Waals surface area contributed by atoms with E-state index in [1.165, 1.54) is 25.5 Å². The molecular formula is C15H31NO2S. The highest BCUT2D eigenvalue weighted by molar-refractivity contribution is 7.90. The Hall–Kier alpha value is -0.0900. The third kappa shape index (κ3) is 5.82. The largest absolute Gasteiger partial charge is 0.314 e. The van der Waals surface area contributed by atoms with Crippen LogP contribution in [0, 0.1) is 11.3 Å². The Labute approximate surface area is 119 Å². The third-order valence-corrected chi connectivity index (χ3v) is 5.54. The first-order chi connectivity index (χ1) is 8.76. The van der Waals surface area contributed by atoms with Crippen molar-refractivity contribution in [2.75, 3.05) is 18.6 Å². The molecule has 0 saturated heterocycles. The molecule has 114 valence electrons. The summed E-state index contributed by atoms with van der Waals surface area (Å²) >= 11 is 0. The van der Waals surface area contributed by atoms with Crippen LogP contribution < -0.4 is 5.32 Å². The minimum atomic E-state index is -2.82. The van der Waals surface area contributed by atoms with E-state index in [1.54, 1.807) is 0 Å². The fraction of sp³-hybridized carbons (Fsp3) is 1.00. The van der Waals surface area contributed by atoms with Crippen molar-refractivity contribution in [3.63, 3.8) is 0 Å². The SMILES string of the molecule is CCCNC(CCCS(C)(=O)=O)C1CCCC1(C)C. The van der Waals surface area contributed by atoms with Crippen molar-refractivity contribution in [1.82, 2.24) is 5.32 Å². The van der Waals surface area contributed by atoms with E-state index < -0.39 is 9.84 Å². The molecule has 1 aliphatic carbocycles. The molecule has 0 aromatic carbocycles. The lowest BCUT2D eigenvalue weighted by molar-refractivity contribution is 0.189. The maximum atomic E-state index is 11.3. The summed E-state index contributed by atoms with van der Waals surface area (Å²) in [6, 6.07) is 0.485. The van der Waals surface area contributed by atoms with E-state index in [9.17, 15) is 8.42 Å². The summed E-state index contributed by atoms with van der Waals surface area (Å²) in [5.41, 5.74) is 0.399. The monoisotopic (exact) mass is 289 g/mol. The van der Waals surface area contributed by atoms with Crippen LogP contribution in [-0.2, 0) is 9.84 Å². The molecule has 1 aliphatic rings. The third-order valence-electron chi connectivity index (χ3n) is 4.51. The van der Waals surface area contributed by atoms with Crippen LogP contribution in [0.1, 0.15) is 59.3 Å². The van der Waals surface area contributed by atoms with Gasteiger partial charge in [0.1, 0.15) is 9.84 Å². The molecule has 4 heteroatoms. The second-order valence-corrected chi connectivity index (χ2v) is 9.08. The fourth-order valence-corrected chi connectivity index (χ4v) is 4.13. The van der Waals surface area contributed by atoms with Crippen molar-refractivity contribution in [2.24, 2.45) is 11.3 Å². The Morgan fingerprint density at radius 3 is 2.53 bits per heavy atom. The van der Waals surface area contributed by atoms with E-state index in [0.29, 0.717) is 23.1 Å². The van der Waals surface area contributed by atoms with Crippen LogP contribution in [-0.4, -0.2) is 33.0 Å². The van der Waals surface area contributed by atoms with Crippen molar-refractivity contribution >= 4 is 9.84 Å². The van der Waals surface area contributed by atoms with Gasteiger partial charge in [0, 0.05) is 18.1 Å². The van der Waals surface area contributed by atoms with Gasteiger partial charge >= 0.3 is 0 Å². The van der Waals surface area contributed by atoms with Gasteiger partial charge in [-0.1, -0.05) is 27.2 Å². The summed E-state index contributed by atoms with van der Waals surface area (Å²) in [6.07, 6.45) is 8.14. The van der Waals surface area contributed by atoms with E-state index in [1.807, 2.05) is 0 Å². The molecule has 2 unspecified atom stereocenters. The first kappa shape index (κ1) is 17.0. The lowest BCUT2D eigenvalue weighted by Gasteiger charge is -2.35. The maximum Gasteiger partial charge on any atom is 0.147 e. The molecular weight excluding hydrogens is 258 g/mol. The Kier molecular flexibility index (Phi) is 6.31. The van der Waals surface area contributed by atoms with Gasteiger partial charge in [0.15, 0.2) is 0 Å². The highest BCUT2D eigenvalue weighted by atomic mass is 32.2. The van der Waals surface area contributed by atoms with Crippen molar-refractivity contribution in [1.29, 1.82) is 0 Å². The van der Waals surface area contributed by atoms with Gasteiger partial charge in [-0.05, 0) is 50.0 Å². The summed E-state index contributed by atoms with van der Waals surface area (Å²) in [7, 11) is -2.82. The quantitative estimate of drug-likeness (QED) is 0.747. The minimum absolute atomic E-state index is 0.324. The highest BCUT2D eigenvalue weighted by Crippen LogP contribution is 2.45. The number of sulfone groups is 1. The van der Waals surface area contributed by atoms with Gasteiger partial charge in [-0.2, -0.15) is 0 Å². The highest BCUT2D eigenvalue weighted by Gasteiger charge is 2.38. The Morgan fingerprint density at radius 1 is 1.37 bits per heavy atom. The molecule has 0 aromatic heterocycles. The maximum absolute atomic E-state index is 11.3. The average molecular weight is 289 g/mol. The Bertz CT molecular complexity index is 362. The van der Waals surface area contributed by atoms with Crippen molar-refractivity contribution in [3.05, 3.63) is 0 Å². The number of rotatable bonds is 8. The summed E-state index contributed by atoms with van der Waals surface area (Å²) in [6.45, 7) is 7.94. The van der Waals surface area contributed by atoms with Crippen molar-refractivity contribution in [3.8, 4) is 0 Å². The number of nitrogens with one attached hydrogen (secondary N) is 1. The molecule has 2 atom stereocenters. The first-order valence-electron chi connectivity index (χ1n) is 7.67. The zero-order valence-electron chi connectivity index (χ0n) is 13.0. The second-order valence-electron chi connectivity index (χ2n) is 6.82. The predicted molar refractivity (Wildman–Crippen MR) is 82.1 cm³/mol. The molecule has 0 radical (unpaired) electrons. The van der Waals surface area contributed by atoms with Gasteiger partial charge in [-0.3, -0.25) is 0 Å². The van der Waals surface area contributed by atoms with Crippen LogP contribution >= 0.6 is 0 Å². The summed E-state index contributed by atoms with van der Waals surface area (Å²) in [4.78, 5) is 0. The molecule has 19 heavy (non-hydrogen) atoms. The van der Waals surface area contributed by atoms with E-state index in [0.717, 1.165) is 25.8 Å². The second kappa shape index (κ2) is 7.07. The molecule has 0 amide bonds. The molecule has 1 N–H and O–H groups in total. The standard InChI is InChI=1S/C15H31NO2S/c1-5-11-16-14(9-7-12-19(4,17)18)13-8-6-10-15(13,2)3/h13-14,16H,5-12H2,1-4H3. The number of hydrogen-bond acceptors (Lipinski definition) is 3. The summed E-state index contributed by atoms with van der Waals surface area (Å²) in [5.74, 6) is 1.02. The van der Waals surface area contributed by atoms with Gasteiger partial charge in [-0.25, -0.2) is 8.42 Å². The predicted octanol–water partition coefficient (Wildman–Crippen LogP) is 3.01. The summed E-state index contributed by atoms with van der Waals surface area (Å²) in [5, 5.41) is 3.66. The molecule has 0 bridgehead atoms. The molecule has 1 saturated carbocycles. The normalized spacial score (nSPS) is 24.5. The molecule has 0 spiro atoms. The molecule has 0 aromatic rings. The van der Waals surface area contributed by atoms with Gasteiger partial charge in [-0.15, -0.1) is 0 Å². The summed E-state index contributed by atoms with van der Waals surface area (Å²) < 4.78 is 22.5. The van der Waals surface area contributed by atoms with Gasteiger partial charge < -0.3 is 5.32 Å². The van der Waals surface area contributed by atoms with Crippen LogP contribution in [0.25, 0.3) is 0 Å². The average Bonchev–Trinajstić information content (AvgIpc) is 2.61. The topological polar surface area (TPSA) is 46.2 Å². The van der Waals surface area contributed by atoms with Crippen LogP contribution in [0.15, 0.2) is 0 Å². The van der Waals surface area contributed by atoms with Gasteiger partial charge in [0.05, 0.1) is 0 Å².